The van der Waals surface area contributed by atoms with E-state index in [1.54, 1.807) is 20.3 Å². The van der Waals surface area contributed by atoms with Gasteiger partial charge in [-0.15, -0.1) is 0 Å². The van der Waals surface area contributed by atoms with Gasteiger partial charge in [0.05, 0.1) is 39.6 Å². The van der Waals surface area contributed by atoms with Gasteiger partial charge in [0.1, 0.15) is 0 Å². The van der Waals surface area contributed by atoms with Crippen molar-refractivity contribution in [3.8, 4) is 28.4 Å². The minimum Gasteiger partial charge on any atom is -0.493 e. The highest BCUT2D eigenvalue weighted by molar-refractivity contribution is 5.84. The third kappa shape index (κ3) is 6.14. The smallest absolute Gasteiger partial charge is 0.239 e. The quantitative estimate of drug-likeness (QED) is 0.387. The van der Waals surface area contributed by atoms with Gasteiger partial charge in [-0.2, -0.15) is 0 Å². The van der Waals surface area contributed by atoms with E-state index in [1.807, 2.05) is 42.5 Å². The molecule has 0 radical (unpaired) electrons. The summed E-state index contributed by atoms with van der Waals surface area (Å²) in [7, 11) is 4.65. The van der Waals surface area contributed by atoms with Gasteiger partial charge in [0, 0.05) is 19.0 Å². The molecule has 39 heavy (non-hydrogen) atoms. The van der Waals surface area contributed by atoms with Crippen molar-refractivity contribution in [1.29, 1.82) is 0 Å². The molecule has 3 aromatic rings. The third-order valence-corrected chi connectivity index (χ3v) is 6.69. The second-order valence-electron chi connectivity index (χ2n) is 9.21. The number of rotatable bonds is 9. The lowest BCUT2D eigenvalue weighted by atomic mass is 9.95. The lowest BCUT2D eigenvalue weighted by molar-refractivity contribution is -0.120. The zero-order valence-corrected chi connectivity index (χ0v) is 22.6. The van der Waals surface area contributed by atoms with E-state index in [4.69, 9.17) is 14.2 Å². The number of amides is 2. The molecule has 0 spiro atoms. The van der Waals surface area contributed by atoms with Gasteiger partial charge in [-0.25, -0.2) is 0 Å². The third-order valence-electron chi connectivity index (χ3n) is 6.69. The van der Waals surface area contributed by atoms with Crippen LogP contribution in [0, 0.1) is 0 Å². The van der Waals surface area contributed by atoms with Crippen LogP contribution in [-0.2, 0) is 22.6 Å². The Labute approximate surface area is 227 Å². The van der Waals surface area contributed by atoms with Crippen molar-refractivity contribution >= 4 is 17.5 Å². The average Bonchev–Trinajstić information content (AvgIpc) is 3.18. The Morgan fingerprint density at radius 2 is 1.69 bits per heavy atom. The Morgan fingerprint density at radius 3 is 2.36 bits per heavy atom. The van der Waals surface area contributed by atoms with Crippen LogP contribution in [0.2, 0.25) is 0 Å². The van der Waals surface area contributed by atoms with Gasteiger partial charge in [-0.3, -0.25) is 14.4 Å². The molecule has 0 unspecified atom stereocenters. The Hall–Kier alpha value is -4.53. The summed E-state index contributed by atoms with van der Waals surface area (Å²) in [5, 5.41) is 8.80. The molecule has 2 amide bonds. The summed E-state index contributed by atoms with van der Waals surface area (Å²) in [6.07, 6.45) is 1.17. The average molecular weight is 532 g/mol. The van der Waals surface area contributed by atoms with Crippen molar-refractivity contribution in [1.82, 2.24) is 10.6 Å². The number of methoxy groups -OCH3 is 3. The molecule has 3 aromatic carbocycles. The van der Waals surface area contributed by atoms with E-state index >= 15 is 0 Å². The Morgan fingerprint density at radius 1 is 0.949 bits per heavy atom. The summed E-state index contributed by atoms with van der Waals surface area (Å²) in [6, 6.07) is 16.1. The maximum absolute atomic E-state index is 13.3. The maximum atomic E-state index is 13.3. The first-order valence-corrected chi connectivity index (χ1v) is 12.7. The highest BCUT2D eigenvalue weighted by Gasteiger charge is 2.29. The lowest BCUT2D eigenvalue weighted by Crippen LogP contribution is -2.30. The van der Waals surface area contributed by atoms with Crippen molar-refractivity contribution in [3.63, 3.8) is 0 Å². The highest BCUT2D eigenvalue weighted by Crippen LogP contribution is 2.50. The van der Waals surface area contributed by atoms with Crippen LogP contribution in [0.5, 0.6) is 17.2 Å². The topological polar surface area (TPSA) is 115 Å². The molecule has 0 aliphatic heterocycles. The van der Waals surface area contributed by atoms with Gasteiger partial charge in [0.25, 0.3) is 0 Å². The van der Waals surface area contributed by atoms with Crippen molar-refractivity contribution in [2.75, 3.05) is 33.2 Å². The minimum atomic E-state index is -0.409. The van der Waals surface area contributed by atoms with Crippen LogP contribution in [0.3, 0.4) is 0 Å². The Balaban J connectivity index is 1.73. The van der Waals surface area contributed by atoms with E-state index in [0.717, 1.165) is 22.3 Å². The molecule has 4 rings (SSSR count). The summed E-state index contributed by atoms with van der Waals surface area (Å²) >= 11 is 0. The molecule has 0 aromatic heterocycles. The fraction of sp³-hybridized carbons (Fsp3) is 0.300. The number of hydrogen-bond donors (Lipinski definition) is 3. The zero-order valence-electron chi connectivity index (χ0n) is 22.6. The monoisotopic (exact) mass is 531 g/mol. The van der Waals surface area contributed by atoms with Gasteiger partial charge >= 0.3 is 0 Å². The summed E-state index contributed by atoms with van der Waals surface area (Å²) < 4.78 is 17.0. The normalized spacial score (nSPS) is 13.7. The van der Waals surface area contributed by atoms with E-state index in [2.05, 4.69) is 16.0 Å². The first kappa shape index (κ1) is 27.5. The standard InChI is InChI=1S/C30H33N3O6/c1-18(34)33-23-12-10-20-14-26(37-2)29(38-3)30(39-4)28(20)21-11-13-24(25(35)15-22(21)23)31-17-27(36)32-16-19-8-6-5-7-9-19/h5-9,11,13-15,23H,10,12,16-17H2,1-4H3,(H,31,35)(H,32,36)(H,33,34)/t23-/m1/s1. The van der Waals surface area contributed by atoms with Crippen molar-refractivity contribution in [3.05, 3.63) is 81.5 Å². The number of hydrogen-bond acceptors (Lipinski definition) is 7. The van der Waals surface area contributed by atoms with Crippen LogP contribution >= 0.6 is 0 Å². The SMILES string of the molecule is COc1cc2c(c(OC)c1OC)-c1ccc(NCC(=O)NCc3ccccc3)c(=O)cc1[C@H](NC(C)=O)CC2. The predicted octanol–water partition coefficient (Wildman–Crippen LogP) is 3.59. The number of carbonyl (C=O) groups is 2. The van der Waals surface area contributed by atoms with E-state index in [1.165, 1.54) is 20.1 Å². The molecule has 0 bridgehead atoms. The van der Waals surface area contributed by atoms with Crippen LogP contribution in [0.15, 0.2) is 59.4 Å². The molecule has 1 aliphatic rings. The van der Waals surface area contributed by atoms with Gasteiger partial charge < -0.3 is 30.2 Å². The molecule has 9 heteroatoms. The molecule has 0 heterocycles. The highest BCUT2D eigenvalue weighted by atomic mass is 16.5. The number of ether oxygens (including phenoxy) is 3. The largest absolute Gasteiger partial charge is 0.493 e. The number of fused-ring (bicyclic) bond motifs is 3. The lowest BCUT2D eigenvalue weighted by Gasteiger charge is -2.19. The zero-order chi connectivity index (χ0) is 27.9. The first-order valence-electron chi connectivity index (χ1n) is 12.7. The molecular weight excluding hydrogens is 498 g/mol. The van der Waals surface area contributed by atoms with Crippen LogP contribution in [0.25, 0.3) is 11.1 Å². The fourth-order valence-electron chi connectivity index (χ4n) is 4.89. The number of nitrogens with one attached hydrogen (secondary N) is 3. The van der Waals surface area contributed by atoms with E-state index in [-0.39, 0.29) is 29.5 Å². The molecule has 0 saturated heterocycles. The van der Waals surface area contributed by atoms with Gasteiger partial charge in [-0.1, -0.05) is 36.4 Å². The second-order valence-corrected chi connectivity index (χ2v) is 9.21. The van der Waals surface area contributed by atoms with Crippen molar-refractivity contribution < 1.29 is 23.8 Å². The van der Waals surface area contributed by atoms with Gasteiger partial charge in [0.2, 0.25) is 23.0 Å². The second kappa shape index (κ2) is 12.3. The van der Waals surface area contributed by atoms with E-state index in [0.29, 0.717) is 42.2 Å². The van der Waals surface area contributed by atoms with Crippen molar-refractivity contribution in [2.24, 2.45) is 0 Å². The van der Waals surface area contributed by atoms with Crippen LogP contribution < -0.4 is 35.6 Å². The Bertz CT molecular complexity index is 1420. The van der Waals surface area contributed by atoms with E-state index in [9.17, 15) is 14.4 Å². The van der Waals surface area contributed by atoms with Crippen molar-refractivity contribution in [2.45, 2.75) is 32.4 Å². The number of aryl methyl sites for hydroxylation is 1. The molecule has 3 N–H and O–H groups in total. The minimum absolute atomic E-state index is 0.0726. The molecule has 204 valence electrons. The maximum Gasteiger partial charge on any atom is 0.239 e. The molecule has 0 saturated carbocycles. The predicted molar refractivity (Wildman–Crippen MR) is 149 cm³/mol. The summed E-state index contributed by atoms with van der Waals surface area (Å²) in [5.74, 6) is 0.994. The number of anilines is 1. The number of carbonyl (C=O) groups excluding carboxylic acids is 2. The number of benzene rings is 2. The van der Waals surface area contributed by atoms with Crippen LogP contribution in [0.1, 0.15) is 36.1 Å². The molecule has 1 aliphatic carbocycles. The summed E-state index contributed by atoms with van der Waals surface area (Å²) in [6.45, 7) is 1.77. The van der Waals surface area contributed by atoms with Crippen LogP contribution in [-0.4, -0.2) is 39.7 Å². The summed E-state index contributed by atoms with van der Waals surface area (Å²) in [5.41, 5.74) is 4.02. The van der Waals surface area contributed by atoms with Crippen LogP contribution in [0.4, 0.5) is 5.69 Å². The molecule has 0 fully saturated rings. The molecule has 1 atom stereocenters. The fourth-order valence-corrected chi connectivity index (χ4v) is 4.89. The molecular formula is C30H33N3O6. The van der Waals surface area contributed by atoms with E-state index < -0.39 is 6.04 Å². The first-order chi connectivity index (χ1) is 18.9. The molecule has 9 nitrogen and oxygen atoms in total. The summed E-state index contributed by atoms with van der Waals surface area (Å²) in [4.78, 5) is 37.9. The van der Waals surface area contributed by atoms with Gasteiger partial charge in [-0.05, 0) is 53.3 Å². The Kier molecular flexibility index (Phi) is 8.70. The van der Waals surface area contributed by atoms with Gasteiger partial charge in [0.15, 0.2) is 11.5 Å².